The molecule has 0 aliphatic carbocycles. The normalized spacial score (nSPS) is 22.7. The van der Waals surface area contributed by atoms with Gasteiger partial charge in [0.25, 0.3) is 5.91 Å². The molecule has 1 aromatic rings. The summed E-state index contributed by atoms with van der Waals surface area (Å²) in [6, 6.07) is -0.139. The highest BCUT2D eigenvalue weighted by Crippen LogP contribution is 2.32. The fourth-order valence-corrected chi connectivity index (χ4v) is 5.26. The SMILES string of the molecule is CC(=O)N1CCC(C(=O)N2CCCC[C@@H]2c2ncc(C(=O)N3CCCCC3)c(C)n2)CC1. The summed E-state index contributed by atoms with van der Waals surface area (Å²) in [6.45, 7) is 7.06. The van der Waals surface area contributed by atoms with E-state index in [4.69, 9.17) is 4.98 Å². The first-order valence-electron chi connectivity index (χ1n) is 12.1. The summed E-state index contributed by atoms with van der Waals surface area (Å²) in [4.78, 5) is 52.9. The van der Waals surface area contributed by atoms with Gasteiger partial charge in [-0.2, -0.15) is 0 Å². The van der Waals surface area contributed by atoms with Gasteiger partial charge in [0.05, 0.1) is 17.3 Å². The molecule has 0 N–H and O–H groups in total. The molecule has 8 nitrogen and oxygen atoms in total. The van der Waals surface area contributed by atoms with E-state index < -0.39 is 0 Å². The first-order valence-corrected chi connectivity index (χ1v) is 12.1. The second kappa shape index (κ2) is 9.96. The van der Waals surface area contributed by atoms with Crippen LogP contribution < -0.4 is 0 Å². The lowest BCUT2D eigenvalue weighted by Crippen LogP contribution is -2.46. The van der Waals surface area contributed by atoms with Gasteiger partial charge in [-0.25, -0.2) is 9.97 Å². The largest absolute Gasteiger partial charge is 0.343 e. The number of amides is 3. The lowest BCUT2D eigenvalue weighted by molar-refractivity contribution is -0.143. The van der Waals surface area contributed by atoms with Crippen LogP contribution >= 0.6 is 0 Å². The van der Waals surface area contributed by atoms with Crippen LogP contribution in [0.2, 0.25) is 0 Å². The standard InChI is InChI=1S/C24H35N5O3/c1-17-20(24(32)28-11-5-3-6-12-28)16-25-22(26-17)21-8-4-7-13-29(21)23(31)19-9-14-27(15-10-19)18(2)30/h16,19,21H,3-15H2,1-2H3/t21-/m1/s1. The third-order valence-electron chi connectivity index (χ3n) is 7.25. The molecule has 1 aromatic heterocycles. The number of carbonyl (C=O) groups excluding carboxylic acids is 3. The van der Waals surface area contributed by atoms with Crippen molar-refractivity contribution < 1.29 is 14.4 Å². The van der Waals surface area contributed by atoms with Gasteiger partial charge in [0.1, 0.15) is 0 Å². The predicted octanol–water partition coefficient (Wildman–Crippen LogP) is 2.72. The van der Waals surface area contributed by atoms with E-state index in [2.05, 4.69) is 4.98 Å². The van der Waals surface area contributed by atoms with E-state index in [-0.39, 0.29) is 29.7 Å². The first-order chi connectivity index (χ1) is 15.5. The number of aromatic nitrogens is 2. The fourth-order valence-electron chi connectivity index (χ4n) is 5.26. The van der Waals surface area contributed by atoms with Crippen LogP contribution in [0.3, 0.4) is 0 Å². The second-order valence-electron chi connectivity index (χ2n) is 9.40. The lowest BCUT2D eigenvalue weighted by Gasteiger charge is -2.39. The quantitative estimate of drug-likeness (QED) is 0.720. The van der Waals surface area contributed by atoms with Crippen LogP contribution in [-0.2, 0) is 9.59 Å². The summed E-state index contributed by atoms with van der Waals surface area (Å²) in [6.07, 6.45) is 9.23. The number of hydrogen-bond acceptors (Lipinski definition) is 5. The molecule has 3 aliphatic heterocycles. The molecule has 0 spiro atoms. The van der Waals surface area contributed by atoms with Crippen LogP contribution in [0.1, 0.15) is 86.2 Å². The molecule has 174 valence electrons. The maximum atomic E-state index is 13.4. The van der Waals surface area contributed by atoms with Gasteiger partial charge < -0.3 is 14.7 Å². The summed E-state index contributed by atoms with van der Waals surface area (Å²) in [5.74, 6) is 0.851. The van der Waals surface area contributed by atoms with Gasteiger partial charge in [0, 0.05) is 51.8 Å². The molecule has 0 unspecified atom stereocenters. The highest BCUT2D eigenvalue weighted by atomic mass is 16.2. The topological polar surface area (TPSA) is 86.7 Å². The van der Waals surface area contributed by atoms with Crippen LogP contribution in [0.25, 0.3) is 0 Å². The number of aryl methyl sites for hydroxylation is 1. The van der Waals surface area contributed by atoms with Gasteiger partial charge in [-0.05, 0) is 58.3 Å². The summed E-state index contributed by atoms with van der Waals surface area (Å²) in [7, 11) is 0. The highest BCUT2D eigenvalue weighted by Gasteiger charge is 2.36. The summed E-state index contributed by atoms with van der Waals surface area (Å²) >= 11 is 0. The molecule has 8 heteroatoms. The molecule has 3 aliphatic rings. The van der Waals surface area contributed by atoms with Crippen LogP contribution in [0.15, 0.2) is 6.20 Å². The minimum atomic E-state index is -0.139. The zero-order valence-corrected chi connectivity index (χ0v) is 19.4. The van der Waals surface area contributed by atoms with Gasteiger partial charge in [-0.3, -0.25) is 14.4 Å². The van der Waals surface area contributed by atoms with Crippen LogP contribution in [0.4, 0.5) is 0 Å². The smallest absolute Gasteiger partial charge is 0.257 e. The minimum absolute atomic E-state index is 0.0163. The molecule has 3 amide bonds. The molecule has 32 heavy (non-hydrogen) atoms. The molecule has 0 bridgehead atoms. The van der Waals surface area contributed by atoms with Gasteiger partial charge >= 0.3 is 0 Å². The molecule has 0 saturated carbocycles. The third kappa shape index (κ3) is 4.79. The Labute approximate surface area is 190 Å². The summed E-state index contributed by atoms with van der Waals surface area (Å²) < 4.78 is 0. The Hall–Kier alpha value is -2.51. The number of nitrogens with zero attached hydrogens (tertiary/aromatic N) is 5. The van der Waals surface area contributed by atoms with Crippen LogP contribution in [-0.4, -0.2) is 75.1 Å². The molecule has 1 atom stereocenters. The zero-order chi connectivity index (χ0) is 22.7. The van der Waals surface area contributed by atoms with Crippen molar-refractivity contribution in [3.05, 3.63) is 23.3 Å². The van der Waals surface area contributed by atoms with Crippen molar-refractivity contribution in [3.8, 4) is 0 Å². The Morgan fingerprint density at radius 1 is 0.875 bits per heavy atom. The Balaban J connectivity index is 1.47. The van der Waals surface area contributed by atoms with Crippen molar-refractivity contribution in [1.29, 1.82) is 0 Å². The van der Waals surface area contributed by atoms with E-state index in [1.165, 1.54) is 6.42 Å². The van der Waals surface area contributed by atoms with Gasteiger partial charge in [-0.15, -0.1) is 0 Å². The lowest BCUT2D eigenvalue weighted by atomic mass is 9.92. The van der Waals surface area contributed by atoms with E-state index >= 15 is 0 Å². The van der Waals surface area contributed by atoms with Crippen molar-refractivity contribution in [1.82, 2.24) is 24.7 Å². The fraction of sp³-hybridized carbons (Fsp3) is 0.708. The van der Waals surface area contributed by atoms with Crippen molar-refractivity contribution in [2.45, 2.75) is 71.3 Å². The number of rotatable bonds is 3. The van der Waals surface area contributed by atoms with Gasteiger partial charge in [-0.1, -0.05) is 0 Å². The zero-order valence-electron chi connectivity index (χ0n) is 19.4. The maximum absolute atomic E-state index is 13.4. The molecule has 3 saturated heterocycles. The van der Waals surface area contributed by atoms with Crippen molar-refractivity contribution in [3.63, 3.8) is 0 Å². The van der Waals surface area contributed by atoms with E-state index in [0.717, 1.165) is 45.2 Å². The molecule has 0 radical (unpaired) electrons. The minimum Gasteiger partial charge on any atom is -0.343 e. The molecule has 0 aromatic carbocycles. The molecule has 4 heterocycles. The van der Waals surface area contributed by atoms with E-state index in [0.29, 0.717) is 49.6 Å². The van der Waals surface area contributed by atoms with E-state index in [1.807, 2.05) is 21.6 Å². The first kappa shape index (κ1) is 22.7. The molecular formula is C24H35N5O3. The van der Waals surface area contributed by atoms with E-state index in [1.54, 1.807) is 13.1 Å². The maximum Gasteiger partial charge on any atom is 0.257 e. The Bertz CT molecular complexity index is 859. The summed E-state index contributed by atoms with van der Waals surface area (Å²) in [5.41, 5.74) is 1.26. The Morgan fingerprint density at radius 3 is 2.22 bits per heavy atom. The number of piperidine rings is 3. The highest BCUT2D eigenvalue weighted by molar-refractivity contribution is 5.95. The van der Waals surface area contributed by atoms with Crippen molar-refractivity contribution in [2.24, 2.45) is 5.92 Å². The number of carbonyl (C=O) groups is 3. The number of hydrogen-bond donors (Lipinski definition) is 0. The van der Waals surface area contributed by atoms with Crippen molar-refractivity contribution in [2.75, 3.05) is 32.7 Å². The van der Waals surface area contributed by atoms with Crippen LogP contribution in [0.5, 0.6) is 0 Å². The third-order valence-corrected chi connectivity index (χ3v) is 7.25. The summed E-state index contributed by atoms with van der Waals surface area (Å²) in [5, 5.41) is 0. The molecule has 4 rings (SSSR count). The molecular weight excluding hydrogens is 406 g/mol. The monoisotopic (exact) mass is 441 g/mol. The van der Waals surface area contributed by atoms with Gasteiger partial charge in [0.15, 0.2) is 5.82 Å². The molecule has 3 fully saturated rings. The number of likely N-dealkylation sites (tertiary alicyclic amines) is 3. The Kier molecular flexibility index (Phi) is 7.06. The average molecular weight is 442 g/mol. The second-order valence-corrected chi connectivity index (χ2v) is 9.40. The van der Waals surface area contributed by atoms with Gasteiger partial charge in [0.2, 0.25) is 11.8 Å². The van der Waals surface area contributed by atoms with Crippen LogP contribution in [0, 0.1) is 12.8 Å². The Morgan fingerprint density at radius 2 is 1.56 bits per heavy atom. The predicted molar refractivity (Wildman–Crippen MR) is 120 cm³/mol. The van der Waals surface area contributed by atoms with E-state index in [9.17, 15) is 14.4 Å². The average Bonchev–Trinajstić information content (AvgIpc) is 2.83. The van der Waals surface area contributed by atoms with Crippen molar-refractivity contribution >= 4 is 17.7 Å².